The summed E-state index contributed by atoms with van der Waals surface area (Å²) in [5, 5.41) is 0. The highest BCUT2D eigenvalue weighted by Crippen LogP contribution is 2.38. The maximum atomic E-state index is 12.7. The molecule has 2 aliphatic heterocycles. The van der Waals surface area contributed by atoms with Crippen LogP contribution < -0.4 is 9.64 Å². The molecule has 3 heterocycles. The number of nitrogens with zero attached hydrogens (tertiary/aromatic N) is 3. The molecule has 1 aromatic heterocycles. The summed E-state index contributed by atoms with van der Waals surface area (Å²) < 4.78 is 43.7. The minimum absolute atomic E-state index is 0.151. The van der Waals surface area contributed by atoms with Gasteiger partial charge in [-0.3, -0.25) is 4.90 Å². The molecule has 2 aliphatic rings. The van der Waals surface area contributed by atoms with Crippen LogP contribution in [-0.2, 0) is 6.18 Å². The van der Waals surface area contributed by atoms with Crippen molar-refractivity contribution in [3.05, 3.63) is 17.8 Å². The number of aromatic nitrogens is 1. The van der Waals surface area contributed by atoms with E-state index in [0.717, 1.165) is 31.9 Å². The van der Waals surface area contributed by atoms with Gasteiger partial charge in [-0.1, -0.05) is 0 Å². The van der Waals surface area contributed by atoms with Crippen molar-refractivity contribution in [2.45, 2.75) is 32.1 Å². The molecule has 3 rings (SSSR count). The van der Waals surface area contributed by atoms with Gasteiger partial charge in [-0.25, -0.2) is 4.98 Å². The zero-order valence-electron chi connectivity index (χ0n) is 12.0. The molecule has 0 bridgehead atoms. The lowest BCUT2D eigenvalue weighted by Crippen LogP contribution is -2.58. The van der Waals surface area contributed by atoms with Crippen LogP contribution in [0.25, 0.3) is 0 Å². The van der Waals surface area contributed by atoms with Gasteiger partial charge in [0.1, 0.15) is 6.61 Å². The third kappa shape index (κ3) is 2.66. The van der Waals surface area contributed by atoms with Gasteiger partial charge in [-0.05, 0) is 19.9 Å². The fraction of sp³-hybridized carbons (Fsp3) is 0.643. The van der Waals surface area contributed by atoms with E-state index in [1.165, 1.54) is 0 Å². The Morgan fingerprint density at radius 3 is 2.76 bits per heavy atom. The van der Waals surface area contributed by atoms with Gasteiger partial charge in [-0.2, -0.15) is 13.2 Å². The van der Waals surface area contributed by atoms with Gasteiger partial charge in [0.15, 0.2) is 11.6 Å². The Kier molecular flexibility index (Phi) is 3.47. The van der Waals surface area contributed by atoms with E-state index in [4.69, 9.17) is 4.74 Å². The second-order valence-electron chi connectivity index (χ2n) is 5.79. The zero-order chi connectivity index (χ0) is 15.2. The summed E-state index contributed by atoms with van der Waals surface area (Å²) in [6, 6.07) is 1.65. The maximum Gasteiger partial charge on any atom is 0.418 e. The summed E-state index contributed by atoms with van der Waals surface area (Å²) in [7, 11) is 0. The molecule has 1 saturated heterocycles. The Bertz CT molecular complexity index is 533. The van der Waals surface area contributed by atoms with E-state index in [1.54, 1.807) is 0 Å². The molecule has 1 fully saturated rings. The van der Waals surface area contributed by atoms with Crippen LogP contribution in [0.2, 0.25) is 0 Å². The molecule has 116 valence electrons. The quantitative estimate of drug-likeness (QED) is 0.796. The van der Waals surface area contributed by atoms with Crippen molar-refractivity contribution in [2.24, 2.45) is 0 Å². The molecular weight excluding hydrogens is 283 g/mol. The minimum atomic E-state index is -4.39. The number of alkyl halides is 3. The first kappa shape index (κ1) is 14.4. The van der Waals surface area contributed by atoms with E-state index in [1.807, 2.05) is 0 Å². The first-order valence-corrected chi connectivity index (χ1v) is 7.07. The first-order valence-electron chi connectivity index (χ1n) is 7.07. The molecule has 0 aliphatic carbocycles. The molecule has 1 atom stereocenters. The number of halogens is 3. The SMILES string of the molecule is CC(C)N1CCN2c3ncc(C(F)(F)F)cc3OC[C@@H]2C1. The third-order valence-electron chi connectivity index (χ3n) is 4.11. The second-order valence-corrected chi connectivity index (χ2v) is 5.79. The average Bonchev–Trinajstić information content (AvgIpc) is 2.44. The Labute approximate surface area is 121 Å². The first-order chi connectivity index (χ1) is 9.86. The number of hydrogen-bond acceptors (Lipinski definition) is 4. The molecule has 0 saturated carbocycles. The van der Waals surface area contributed by atoms with Crippen LogP contribution in [0.15, 0.2) is 12.3 Å². The van der Waals surface area contributed by atoms with Gasteiger partial charge >= 0.3 is 6.18 Å². The van der Waals surface area contributed by atoms with Gasteiger partial charge < -0.3 is 9.64 Å². The van der Waals surface area contributed by atoms with Crippen LogP contribution in [0, 0.1) is 0 Å². The van der Waals surface area contributed by atoms with E-state index >= 15 is 0 Å². The highest BCUT2D eigenvalue weighted by Gasteiger charge is 2.37. The van der Waals surface area contributed by atoms with Crippen LogP contribution in [0.5, 0.6) is 5.75 Å². The van der Waals surface area contributed by atoms with Crippen molar-refractivity contribution < 1.29 is 17.9 Å². The predicted octanol–water partition coefficient (Wildman–Crippen LogP) is 2.39. The van der Waals surface area contributed by atoms with Crippen LogP contribution in [0.1, 0.15) is 19.4 Å². The lowest BCUT2D eigenvalue weighted by Gasteiger charge is -2.46. The molecule has 0 amide bonds. The number of pyridine rings is 1. The molecule has 0 radical (unpaired) electrons. The largest absolute Gasteiger partial charge is 0.487 e. The Hall–Kier alpha value is -1.50. The number of piperazine rings is 1. The minimum Gasteiger partial charge on any atom is -0.487 e. The summed E-state index contributed by atoms with van der Waals surface area (Å²) >= 11 is 0. The van der Waals surface area contributed by atoms with Gasteiger partial charge in [0, 0.05) is 31.9 Å². The van der Waals surface area contributed by atoms with Crippen molar-refractivity contribution in [1.29, 1.82) is 0 Å². The van der Waals surface area contributed by atoms with Crippen molar-refractivity contribution in [3.63, 3.8) is 0 Å². The molecule has 4 nitrogen and oxygen atoms in total. The second kappa shape index (κ2) is 5.05. The topological polar surface area (TPSA) is 28.6 Å². The smallest absolute Gasteiger partial charge is 0.418 e. The predicted molar refractivity (Wildman–Crippen MR) is 72.6 cm³/mol. The van der Waals surface area contributed by atoms with Crippen molar-refractivity contribution in [2.75, 3.05) is 31.1 Å². The Balaban J connectivity index is 1.85. The zero-order valence-corrected chi connectivity index (χ0v) is 12.0. The van der Waals surface area contributed by atoms with Gasteiger partial charge in [0.2, 0.25) is 0 Å². The van der Waals surface area contributed by atoms with Crippen LogP contribution >= 0.6 is 0 Å². The molecule has 0 unspecified atom stereocenters. The highest BCUT2D eigenvalue weighted by molar-refractivity contribution is 5.56. The van der Waals surface area contributed by atoms with Crippen molar-refractivity contribution in [1.82, 2.24) is 9.88 Å². The molecule has 0 N–H and O–H groups in total. The van der Waals surface area contributed by atoms with E-state index in [0.29, 0.717) is 18.5 Å². The average molecular weight is 301 g/mol. The maximum absolute atomic E-state index is 12.7. The highest BCUT2D eigenvalue weighted by atomic mass is 19.4. The standard InChI is InChI=1S/C14H18F3N3O/c1-9(2)19-3-4-20-11(7-19)8-21-12-5-10(14(15,16)17)6-18-13(12)20/h5-6,9,11H,3-4,7-8H2,1-2H3/t11-/m0/s1. The Morgan fingerprint density at radius 1 is 1.33 bits per heavy atom. The number of ether oxygens (including phenoxy) is 1. The molecule has 0 spiro atoms. The van der Waals surface area contributed by atoms with Gasteiger partial charge in [-0.15, -0.1) is 0 Å². The van der Waals surface area contributed by atoms with Gasteiger partial charge in [0.25, 0.3) is 0 Å². The number of anilines is 1. The molecule has 7 heteroatoms. The fourth-order valence-corrected chi connectivity index (χ4v) is 2.87. The van der Waals surface area contributed by atoms with E-state index in [9.17, 15) is 13.2 Å². The molecular formula is C14H18F3N3O. The number of rotatable bonds is 1. The van der Waals surface area contributed by atoms with E-state index in [2.05, 4.69) is 28.6 Å². The van der Waals surface area contributed by atoms with Gasteiger partial charge in [0.05, 0.1) is 11.6 Å². The fourth-order valence-electron chi connectivity index (χ4n) is 2.87. The number of hydrogen-bond donors (Lipinski definition) is 0. The molecule has 0 aromatic carbocycles. The monoisotopic (exact) mass is 301 g/mol. The summed E-state index contributed by atoms with van der Waals surface area (Å²) in [5.74, 6) is 0.765. The van der Waals surface area contributed by atoms with Crippen LogP contribution in [0.3, 0.4) is 0 Å². The third-order valence-corrected chi connectivity index (χ3v) is 4.11. The summed E-state index contributed by atoms with van der Waals surface area (Å²) in [4.78, 5) is 8.42. The summed E-state index contributed by atoms with van der Waals surface area (Å²) in [6.07, 6.45) is -3.50. The normalized spacial score (nSPS) is 22.8. The summed E-state index contributed by atoms with van der Waals surface area (Å²) in [6.45, 7) is 7.18. The molecule has 1 aromatic rings. The Morgan fingerprint density at radius 2 is 2.10 bits per heavy atom. The van der Waals surface area contributed by atoms with E-state index in [-0.39, 0.29) is 11.8 Å². The van der Waals surface area contributed by atoms with E-state index < -0.39 is 11.7 Å². The molecule has 21 heavy (non-hydrogen) atoms. The van der Waals surface area contributed by atoms with Crippen molar-refractivity contribution >= 4 is 5.82 Å². The van der Waals surface area contributed by atoms with Crippen molar-refractivity contribution in [3.8, 4) is 5.75 Å². The lowest BCUT2D eigenvalue weighted by molar-refractivity contribution is -0.138. The lowest BCUT2D eigenvalue weighted by atomic mass is 10.1. The van der Waals surface area contributed by atoms with Crippen LogP contribution in [-0.4, -0.2) is 48.2 Å². The number of fused-ring (bicyclic) bond motifs is 3. The van der Waals surface area contributed by atoms with Crippen LogP contribution in [0.4, 0.5) is 19.0 Å². The summed E-state index contributed by atoms with van der Waals surface area (Å²) in [5.41, 5.74) is -0.763.